The van der Waals surface area contributed by atoms with Crippen molar-refractivity contribution in [2.45, 2.75) is 82.0 Å². The lowest BCUT2D eigenvalue weighted by Gasteiger charge is -2.43. The average Bonchev–Trinajstić information content (AvgIpc) is 3.55. The van der Waals surface area contributed by atoms with Crippen molar-refractivity contribution in [3.05, 3.63) is 58.7 Å². The smallest absolute Gasteiger partial charge is 0.363 e. The lowest BCUT2D eigenvalue weighted by molar-refractivity contribution is -0.148. The van der Waals surface area contributed by atoms with Crippen LogP contribution in [0.15, 0.2) is 42.7 Å². The van der Waals surface area contributed by atoms with Crippen molar-refractivity contribution < 1.29 is 37.9 Å². The predicted molar refractivity (Wildman–Crippen MR) is 166 cm³/mol. The third-order valence-electron chi connectivity index (χ3n) is 8.82. The molecule has 0 radical (unpaired) electrons. The summed E-state index contributed by atoms with van der Waals surface area (Å²) in [7, 11) is -4.97. The SMILES string of the molecule is CC(C)Oc1ccncc1C1CN(C(=O)[C@@H]2CC[C@@H]3CCC[C@H](NC(=O)c4cc5cc(C(F)P(=O)(O)O)ccc5s4)C(=O)N32)C1. The van der Waals surface area contributed by atoms with Gasteiger partial charge in [-0.25, -0.2) is 4.39 Å². The molecule has 45 heavy (non-hydrogen) atoms. The van der Waals surface area contributed by atoms with Gasteiger partial charge < -0.3 is 29.6 Å². The molecule has 0 aliphatic carbocycles. The predicted octanol–water partition coefficient (Wildman–Crippen LogP) is 4.50. The maximum absolute atomic E-state index is 14.2. The molecule has 11 nitrogen and oxygen atoms in total. The maximum atomic E-state index is 14.2. The third kappa shape index (κ3) is 6.36. The standard InChI is InChI=1S/C31H36FN4O7PS/c1-17(2)43-25-10-11-33-14-22(25)20-15-35(16-20)31(39)24-8-7-21-4-3-5-23(30(38)36(21)24)34-29(37)27-13-19-12-18(6-9-26(19)45-27)28(32)44(40,41)42/h6,9-14,17,20-21,23-24,28H,3-5,7-8,15-16H2,1-2H3,(H,34,37)(H2,40,41,42)/t21-,23-,24-,28?/m0/s1. The average molecular weight is 659 g/mol. The number of nitrogens with zero attached hydrogens (tertiary/aromatic N) is 3. The quantitative estimate of drug-likeness (QED) is 0.300. The zero-order valence-corrected chi connectivity index (χ0v) is 26.7. The summed E-state index contributed by atoms with van der Waals surface area (Å²) in [5.41, 5.74) is 0.797. The number of rotatable bonds is 8. The highest BCUT2D eigenvalue weighted by Crippen LogP contribution is 2.53. The Morgan fingerprint density at radius 1 is 1.13 bits per heavy atom. The van der Waals surface area contributed by atoms with Crippen LogP contribution in [-0.4, -0.2) is 79.6 Å². The van der Waals surface area contributed by atoms with Crippen molar-refractivity contribution in [1.29, 1.82) is 0 Å². The summed E-state index contributed by atoms with van der Waals surface area (Å²) in [6, 6.07) is 6.07. The number of alkyl halides is 1. The van der Waals surface area contributed by atoms with Gasteiger partial charge in [-0.05, 0) is 81.2 Å². The minimum Gasteiger partial charge on any atom is -0.491 e. The van der Waals surface area contributed by atoms with E-state index in [1.807, 2.05) is 19.9 Å². The Labute approximate surface area is 263 Å². The fraction of sp³-hybridized carbons (Fsp3) is 0.484. The Morgan fingerprint density at radius 3 is 2.64 bits per heavy atom. The van der Waals surface area contributed by atoms with Crippen LogP contribution in [0.3, 0.4) is 0 Å². The monoisotopic (exact) mass is 658 g/mol. The molecule has 3 amide bonds. The van der Waals surface area contributed by atoms with Crippen LogP contribution in [0.1, 0.15) is 78.6 Å². The summed E-state index contributed by atoms with van der Waals surface area (Å²) >= 11 is 1.14. The number of thiophene rings is 1. The summed E-state index contributed by atoms with van der Waals surface area (Å²) in [4.78, 5) is 67.3. The van der Waals surface area contributed by atoms with Gasteiger partial charge in [-0.1, -0.05) is 6.07 Å². The number of aromatic nitrogens is 1. The van der Waals surface area contributed by atoms with Crippen molar-refractivity contribution in [3.8, 4) is 5.75 Å². The van der Waals surface area contributed by atoms with E-state index in [4.69, 9.17) is 4.74 Å². The molecule has 3 aromatic rings. The van der Waals surface area contributed by atoms with Gasteiger partial charge in [0, 0.05) is 47.7 Å². The first kappa shape index (κ1) is 31.6. The summed E-state index contributed by atoms with van der Waals surface area (Å²) in [5, 5.41) is 3.33. The van der Waals surface area contributed by atoms with Crippen LogP contribution in [0.4, 0.5) is 4.39 Å². The molecule has 1 unspecified atom stereocenters. The maximum Gasteiger partial charge on any atom is 0.363 e. The van der Waals surface area contributed by atoms with Gasteiger partial charge in [0.1, 0.15) is 17.8 Å². The van der Waals surface area contributed by atoms with Gasteiger partial charge in [0.15, 0.2) is 0 Å². The van der Waals surface area contributed by atoms with Gasteiger partial charge in [-0.15, -0.1) is 11.3 Å². The molecular weight excluding hydrogens is 622 g/mol. The molecule has 0 saturated carbocycles. The van der Waals surface area contributed by atoms with Gasteiger partial charge in [0.05, 0.1) is 11.0 Å². The molecule has 2 aromatic heterocycles. The normalized spacial score (nSPS) is 23.1. The van der Waals surface area contributed by atoms with Crippen molar-refractivity contribution in [2.24, 2.45) is 0 Å². The van der Waals surface area contributed by atoms with Gasteiger partial charge in [0.25, 0.3) is 5.91 Å². The molecule has 1 aromatic carbocycles. The van der Waals surface area contributed by atoms with Crippen LogP contribution in [-0.2, 0) is 14.2 Å². The van der Waals surface area contributed by atoms with E-state index in [2.05, 4.69) is 10.3 Å². The minimum absolute atomic E-state index is 0.0123. The van der Waals surface area contributed by atoms with Gasteiger partial charge in [0.2, 0.25) is 17.7 Å². The molecule has 3 N–H and O–H groups in total. The van der Waals surface area contributed by atoms with Crippen molar-refractivity contribution in [2.75, 3.05) is 13.1 Å². The van der Waals surface area contributed by atoms with E-state index >= 15 is 0 Å². The van der Waals surface area contributed by atoms with E-state index < -0.39 is 31.5 Å². The Balaban J connectivity index is 1.12. The van der Waals surface area contributed by atoms with Crippen LogP contribution >= 0.6 is 18.9 Å². The second-order valence-corrected chi connectivity index (χ2v) is 15.0. The zero-order valence-electron chi connectivity index (χ0n) is 25.0. The highest BCUT2D eigenvalue weighted by molar-refractivity contribution is 7.51. The van der Waals surface area contributed by atoms with Gasteiger partial charge in [-0.3, -0.25) is 23.9 Å². The van der Waals surface area contributed by atoms with Crippen LogP contribution in [0.25, 0.3) is 10.1 Å². The summed E-state index contributed by atoms with van der Waals surface area (Å²) in [6.45, 7) is 4.97. The number of fused-ring (bicyclic) bond motifs is 2. The summed E-state index contributed by atoms with van der Waals surface area (Å²) in [5.74, 6) is -2.39. The first-order chi connectivity index (χ1) is 21.4. The molecule has 0 spiro atoms. The highest BCUT2D eigenvalue weighted by atomic mass is 32.1. The molecule has 3 aliphatic heterocycles. The Hall–Kier alpha value is -3.38. The number of carbonyl (C=O) groups is 3. The van der Waals surface area contributed by atoms with E-state index in [1.165, 1.54) is 24.3 Å². The summed E-state index contributed by atoms with van der Waals surface area (Å²) < 4.78 is 32.2. The topological polar surface area (TPSA) is 149 Å². The number of ether oxygens (including phenoxy) is 1. The van der Waals surface area contributed by atoms with Crippen molar-refractivity contribution >= 4 is 46.7 Å². The lowest BCUT2D eigenvalue weighted by Crippen LogP contribution is -2.58. The number of halogens is 1. The summed E-state index contributed by atoms with van der Waals surface area (Å²) in [6.07, 6.45) is 6.73. The van der Waals surface area contributed by atoms with E-state index in [0.29, 0.717) is 40.9 Å². The van der Waals surface area contributed by atoms with E-state index in [1.54, 1.807) is 22.2 Å². The Kier molecular flexibility index (Phi) is 8.73. The second kappa shape index (κ2) is 12.4. The molecule has 5 heterocycles. The molecule has 14 heteroatoms. The Bertz CT molecular complexity index is 1670. The van der Waals surface area contributed by atoms with Crippen molar-refractivity contribution in [3.63, 3.8) is 0 Å². The molecule has 3 aliphatic rings. The molecule has 6 rings (SSSR count). The molecule has 0 bridgehead atoms. The number of benzene rings is 1. The van der Waals surface area contributed by atoms with E-state index in [-0.39, 0.29) is 35.4 Å². The largest absolute Gasteiger partial charge is 0.491 e. The minimum atomic E-state index is -4.97. The number of carbonyl (C=O) groups excluding carboxylic acids is 3. The molecule has 4 atom stereocenters. The number of pyridine rings is 1. The van der Waals surface area contributed by atoms with Crippen molar-refractivity contribution in [1.82, 2.24) is 20.1 Å². The first-order valence-electron chi connectivity index (χ1n) is 15.2. The Morgan fingerprint density at radius 2 is 1.91 bits per heavy atom. The number of hydrogen-bond donors (Lipinski definition) is 3. The lowest BCUT2D eigenvalue weighted by atomic mass is 9.91. The van der Waals surface area contributed by atoms with Crippen LogP contribution in [0, 0.1) is 0 Å². The molecule has 3 fully saturated rings. The number of likely N-dealkylation sites (tertiary alicyclic amines) is 1. The number of amides is 3. The number of hydrogen-bond acceptors (Lipinski definition) is 7. The van der Waals surface area contributed by atoms with E-state index in [9.17, 15) is 33.1 Å². The molecule has 240 valence electrons. The second-order valence-electron chi connectivity index (χ2n) is 12.3. The third-order valence-corrected chi connectivity index (χ3v) is 10.8. The molecule has 3 saturated heterocycles. The fourth-order valence-corrected chi connectivity index (χ4v) is 8.11. The highest BCUT2D eigenvalue weighted by Gasteiger charge is 2.48. The molecular formula is C31H36FN4O7PS. The van der Waals surface area contributed by atoms with E-state index in [0.717, 1.165) is 41.9 Å². The van der Waals surface area contributed by atoms with Gasteiger partial charge in [-0.2, -0.15) is 0 Å². The van der Waals surface area contributed by atoms with Gasteiger partial charge >= 0.3 is 7.60 Å². The van der Waals surface area contributed by atoms with Crippen LogP contribution in [0.2, 0.25) is 0 Å². The zero-order chi connectivity index (χ0) is 32.0. The number of nitrogens with one attached hydrogen (secondary N) is 1. The van der Waals surface area contributed by atoms with Crippen LogP contribution in [0.5, 0.6) is 5.75 Å². The first-order valence-corrected chi connectivity index (χ1v) is 17.7. The fourth-order valence-electron chi connectivity index (χ4n) is 6.61. The van der Waals surface area contributed by atoms with Crippen LogP contribution < -0.4 is 10.1 Å².